The lowest BCUT2D eigenvalue weighted by molar-refractivity contribution is 0.0779. The van der Waals surface area contributed by atoms with Crippen molar-refractivity contribution in [3.63, 3.8) is 0 Å². The van der Waals surface area contributed by atoms with E-state index in [2.05, 4.69) is 29.1 Å². The van der Waals surface area contributed by atoms with Crippen molar-refractivity contribution in [2.24, 2.45) is 0 Å². The van der Waals surface area contributed by atoms with Crippen LogP contribution >= 0.6 is 11.3 Å². The quantitative estimate of drug-likeness (QED) is 0.901. The number of hydrogen-bond acceptors (Lipinski definition) is 5. The van der Waals surface area contributed by atoms with E-state index in [9.17, 15) is 4.79 Å². The molecule has 2 aromatic heterocycles. The average Bonchev–Trinajstić information content (AvgIpc) is 3.11. The molecule has 1 aliphatic heterocycles. The maximum Gasteiger partial charge on any atom is 0.252 e. The zero-order chi connectivity index (χ0) is 16.9. The van der Waals surface area contributed by atoms with Gasteiger partial charge in [-0.15, -0.1) is 11.3 Å². The molecule has 5 nitrogen and oxygen atoms in total. The molecule has 0 bridgehead atoms. The number of nitrogens with one attached hydrogen (secondary N) is 1. The summed E-state index contributed by atoms with van der Waals surface area (Å²) in [6, 6.07) is 3.82. The van der Waals surface area contributed by atoms with Gasteiger partial charge in [0.25, 0.3) is 5.91 Å². The zero-order valence-corrected chi connectivity index (χ0v) is 14.9. The second-order valence-corrected chi connectivity index (χ2v) is 7.34. The van der Waals surface area contributed by atoms with E-state index in [-0.39, 0.29) is 11.8 Å². The summed E-state index contributed by atoms with van der Waals surface area (Å²) in [7, 11) is 0. The molecule has 0 saturated carbocycles. The molecular formula is C18H23N3O2S. The number of rotatable bonds is 5. The first kappa shape index (κ1) is 17.0. The van der Waals surface area contributed by atoms with Crippen LogP contribution in [0.15, 0.2) is 23.7 Å². The molecule has 0 unspecified atom stereocenters. The number of carbonyl (C=O) groups excluding carboxylic acids is 1. The highest BCUT2D eigenvalue weighted by atomic mass is 32.1. The molecule has 0 spiro atoms. The second kappa shape index (κ2) is 7.85. The molecule has 1 amide bonds. The monoisotopic (exact) mass is 345 g/mol. The van der Waals surface area contributed by atoms with E-state index in [1.165, 1.54) is 4.88 Å². The van der Waals surface area contributed by atoms with E-state index < -0.39 is 0 Å². The van der Waals surface area contributed by atoms with Crippen molar-refractivity contribution >= 4 is 17.2 Å². The minimum absolute atomic E-state index is 0.0562. The number of thiophene rings is 1. The van der Waals surface area contributed by atoms with Crippen molar-refractivity contribution < 1.29 is 9.53 Å². The average molecular weight is 345 g/mol. The predicted octanol–water partition coefficient (Wildman–Crippen LogP) is 3.49. The third kappa shape index (κ3) is 4.19. The van der Waals surface area contributed by atoms with Crippen LogP contribution in [0.4, 0.5) is 0 Å². The Balaban J connectivity index is 1.60. The van der Waals surface area contributed by atoms with Gasteiger partial charge in [-0.05, 0) is 30.9 Å². The van der Waals surface area contributed by atoms with Crippen LogP contribution < -0.4 is 5.32 Å². The SMILES string of the molecule is CC(C)c1cc(C(=O)NCc2ccnc([C@H]3CCCOC3)n2)cs1. The normalized spacial score (nSPS) is 17.9. The molecule has 2 aromatic rings. The van der Waals surface area contributed by atoms with Gasteiger partial charge >= 0.3 is 0 Å². The van der Waals surface area contributed by atoms with Gasteiger partial charge in [-0.25, -0.2) is 9.97 Å². The van der Waals surface area contributed by atoms with Crippen LogP contribution in [0.25, 0.3) is 0 Å². The molecule has 128 valence electrons. The molecular weight excluding hydrogens is 322 g/mol. The lowest BCUT2D eigenvalue weighted by Gasteiger charge is -2.20. The maximum absolute atomic E-state index is 12.3. The van der Waals surface area contributed by atoms with E-state index in [0.717, 1.165) is 36.5 Å². The Morgan fingerprint density at radius 1 is 1.50 bits per heavy atom. The fourth-order valence-electron chi connectivity index (χ4n) is 2.70. The van der Waals surface area contributed by atoms with E-state index in [4.69, 9.17) is 4.74 Å². The maximum atomic E-state index is 12.3. The molecule has 1 aliphatic rings. The van der Waals surface area contributed by atoms with Gasteiger partial charge in [-0.3, -0.25) is 4.79 Å². The fourth-order valence-corrected chi connectivity index (χ4v) is 3.61. The Kier molecular flexibility index (Phi) is 5.58. The van der Waals surface area contributed by atoms with Crippen LogP contribution in [0.2, 0.25) is 0 Å². The van der Waals surface area contributed by atoms with Crippen LogP contribution in [0.1, 0.15) is 65.3 Å². The highest BCUT2D eigenvalue weighted by molar-refractivity contribution is 7.10. The van der Waals surface area contributed by atoms with Crippen molar-refractivity contribution in [3.8, 4) is 0 Å². The lowest BCUT2D eigenvalue weighted by atomic mass is 10.0. The van der Waals surface area contributed by atoms with Gasteiger partial charge in [0.1, 0.15) is 5.82 Å². The van der Waals surface area contributed by atoms with Crippen molar-refractivity contribution in [2.45, 2.75) is 45.1 Å². The van der Waals surface area contributed by atoms with Crippen LogP contribution in [0, 0.1) is 0 Å². The molecule has 0 aliphatic carbocycles. The molecule has 6 heteroatoms. The van der Waals surface area contributed by atoms with E-state index in [1.807, 2.05) is 17.5 Å². The second-order valence-electron chi connectivity index (χ2n) is 6.40. The van der Waals surface area contributed by atoms with Gasteiger partial charge in [0.2, 0.25) is 0 Å². The van der Waals surface area contributed by atoms with E-state index in [0.29, 0.717) is 19.1 Å². The summed E-state index contributed by atoms with van der Waals surface area (Å²) in [6.07, 6.45) is 3.87. The molecule has 3 rings (SSSR count). The minimum Gasteiger partial charge on any atom is -0.381 e. The Morgan fingerprint density at radius 3 is 3.08 bits per heavy atom. The third-order valence-electron chi connectivity index (χ3n) is 4.14. The van der Waals surface area contributed by atoms with Crippen molar-refractivity contribution in [1.82, 2.24) is 15.3 Å². The van der Waals surface area contributed by atoms with Gasteiger partial charge in [0.15, 0.2) is 0 Å². The molecule has 0 radical (unpaired) electrons. The Bertz CT molecular complexity index is 693. The third-order valence-corrected chi connectivity index (χ3v) is 5.37. The van der Waals surface area contributed by atoms with Gasteiger partial charge in [0.05, 0.1) is 24.4 Å². The Hall–Kier alpha value is -1.79. The first-order valence-electron chi connectivity index (χ1n) is 8.39. The smallest absolute Gasteiger partial charge is 0.252 e. The standard InChI is InChI=1S/C18H23N3O2S/c1-12(2)16-8-14(11-24-16)18(22)20-9-15-5-6-19-17(21-15)13-4-3-7-23-10-13/h5-6,8,11-13H,3-4,7,9-10H2,1-2H3,(H,20,22)/t13-/m0/s1. The number of nitrogens with zero attached hydrogens (tertiary/aromatic N) is 2. The predicted molar refractivity (Wildman–Crippen MR) is 94.4 cm³/mol. The van der Waals surface area contributed by atoms with Crippen LogP contribution in [-0.2, 0) is 11.3 Å². The van der Waals surface area contributed by atoms with Crippen molar-refractivity contribution in [1.29, 1.82) is 0 Å². The summed E-state index contributed by atoms with van der Waals surface area (Å²) in [5.41, 5.74) is 1.55. The number of carbonyl (C=O) groups is 1. The zero-order valence-electron chi connectivity index (χ0n) is 14.1. The van der Waals surface area contributed by atoms with Gasteiger partial charge in [-0.1, -0.05) is 13.8 Å². The number of ether oxygens (including phenoxy) is 1. The van der Waals surface area contributed by atoms with Crippen LogP contribution in [0.5, 0.6) is 0 Å². The summed E-state index contributed by atoms with van der Waals surface area (Å²) < 4.78 is 5.51. The van der Waals surface area contributed by atoms with Crippen molar-refractivity contribution in [3.05, 3.63) is 45.7 Å². The molecule has 1 saturated heterocycles. The molecule has 1 fully saturated rings. The highest BCUT2D eigenvalue weighted by Crippen LogP contribution is 2.23. The van der Waals surface area contributed by atoms with E-state index in [1.54, 1.807) is 17.5 Å². The summed E-state index contributed by atoms with van der Waals surface area (Å²) >= 11 is 1.63. The van der Waals surface area contributed by atoms with Gasteiger partial charge < -0.3 is 10.1 Å². The lowest BCUT2D eigenvalue weighted by Crippen LogP contribution is -2.24. The van der Waals surface area contributed by atoms with Gasteiger partial charge in [-0.2, -0.15) is 0 Å². The molecule has 1 N–H and O–H groups in total. The summed E-state index contributed by atoms with van der Waals surface area (Å²) in [5, 5.41) is 4.86. The topological polar surface area (TPSA) is 64.1 Å². The van der Waals surface area contributed by atoms with Crippen LogP contribution in [-0.4, -0.2) is 29.1 Å². The first-order valence-corrected chi connectivity index (χ1v) is 9.27. The molecule has 24 heavy (non-hydrogen) atoms. The minimum atomic E-state index is -0.0562. The fraction of sp³-hybridized carbons (Fsp3) is 0.500. The summed E-state index contributed by atoms with van der Waals surface area (Å²) in [6.45, 7) is 6.18. The number of hydrogen-bond donors (Lipinski definition) is 1. The number of aromatic nitrogens is 2. The largest absolute Gasteiger partial charge is 0.381 e. The first-order chi connectivity index (χ1) is 11.6. The summed E-state index contributed by atoms with van der Waals surface area (Å²) in [5.74, 6) is 1.47. The Morgan fingerprint density at radius 2 is 2.38 bits per heavy atom. The number of amides is 1. The van der Waals surface area contributed by atoms with Crippen LogP contribution in [0.3, 0.4) is 0 Å². The summed E-state index contributed by atoms with van der Waals surface area (Å²) in [4.78, 5) is 22.5. The molecule has 0 aromatic carbocycles. The highest BCUT2D eigenvalue weighted by Gasteiger charge is 2.19. The Labute approximate surface area is 146 Å². The molecule has 1 atom stereocenters. The van der Waals surface area contributed by atoms with Gasteiger partial charge in [0, 0.05) is 29.0 Å². The molecule has 3 heterocycles. The van der Waals surface area contributed by atoms with Crippen molar-refractivity contribution in [2.75, 3.05) is 13.2 Å². The van der Waals surface area contributed by atoms with E-state index >= 15 is 0 Å².